The third kappa shape index (κ3) is 4.40. The Morgan fingerprint density at radius 2 is 1.95 bits per heavy atom. The van der Waals surface area contributed by atoms with E-state index in [-0.39, 0.29) is 18.6 Å². The van der Waals surface area contributed by atoms with Crippen LogP contribution in [0.15, 0.2) is 0 Å². The lowest BCUT2D eigenvalue weighted by atomic mass is 9.79. The van der Waals surface area contributed by atoms with Crippen LogP contribution in [0.3, 0.4) is 0 Å². The van der Waals surface area contributed by atoms with Gasteiger partial charge in [-0.15, -0.1) is 3.98 Å². The van der Waals surface area contributed by atoms with Crippen LogP contribution in [0.2, 0.25) is 0 Å². The zero-order valence-electron chi connectivity index (χ0n) is 13.4. The first kappa shape index (κ1) is 18.4. The molecule has 0 radical (unpaired) electrons. The second-order valence-corrected chi connectivity index (χ2v) is 7.33. The van der Waals surface area contributed by atoms with Crippen LogP contribution < -0.4 is 0 Å². The fraction of sp³-hybridized carbons (Fsp3) is 0.929. The van der Waals surface area contributed by atoms with Crippen LogP contribution in [0.1, 0.15) is 52.9 Å². The van der Waals surface area contributed by atoms with Gasteiger partial charge in [0.1, 0.15) is 19.6 Å². The van der Waals surface area contributed by atoms with E-state index in [1.165, 1.54) is 0 Å². The Morgan fingerprint density at radius 3 is 2.43 bits per heavy atom. The molecule has 1 aliphatic heterocycles. The van der Waals surface area contributed by atoms with Gasteiger partial charge in [0.05, 0.1) is 12.0 Å². The van der Waals surface area contributed by atoms with Gasteiger partial charge in [0.2, 0.25) is 0 Å². The van der Waals surface area contributed by atoms with Crippen LogP contribution in [0.25, 0.3) is 0 Å². The monoisotopic (exact) mass is 321 g/mol. The molecule has 0 saturated carbocycles. The maximum absolute atomic E-state index is 11.7. The molecule has 0 amide bonds. The molecule has 1 atom stereocenters. The summed E-state index contributed by atoms with van der Waals surface area (Å²) in [5, 5.41) is 9.22. The van der Waals surface area contributed by atoms with Crippen LogP contribution in [-0.4, -0.2) is 59.0 Å². The van der Waals surface area contributed by atoms with Gasteiger partial charge in [-0.25, -0.2) is 0 Å². The molecular weight excluding hydrogens is 292 g/mol. The maximum Gasteiger partial charge on any atom is 0.435 e. The van der Waals surface area contributed by atoms with Crippen LogP contribution in [0.4, 0.5) is 0 Å². The van der Waals surface area contributed by atoms with E-state index in [1.54, 1.807) is 0 Å². The molecule has 2 N–H and O–H groups in total. The minimum atomic E-state index is -4.26. The van der Waals surface area contributed by atoms with Crippen molar-refractivity contribution in [3.8, 4) is 0 Å². The van der Waals surface area contributed by atoms with Gasteiger partial charge in [-0.1, -0.05) is 33.1 Å². The molecule has 1 unspecified atom stereocenters. The summed E-state index contributed by atoms with van der Waals surface area (Å²) in [6, 6.07) is 0. The summed E-state index contributed by atoms with van der Waals surface area (Å²) in [5.41, 5.74) is -0.299. The molecule has 6 nitrogen and oxygen atoms in total. The lowest BCUT2D eigenvalue weighted by Gasteiger charge is -2.30. The maximum atomic E-state index is 11.7. The van der Waals surface area contributed by atoms with Gasteiger partial charge in [0.15, 0.2) is 0 Å². The van der Waals surface area contributed by atoms with E-state index >= 15 is 0 Å². The highest BCUT2D eigenvalue weighted by Crippen LogP contribution is 2.35. The average molecular weight is 321 g/mol. The number of hydrogen-bond acceptors (Lipinski definition) is 4. The summed E-state index contributed by atoms with van der Waals surface area (Å²) in [4.78, 5) is 1.90. The van der Waals surface area contributed by atoms with E-state index in [0.29, 0.717) is 18.9 Å². The summed E-state index contributed by atoms with van der Waals surface area (Å²) in [6.07, 6.45) is 4.72. The molecule has 1 heterocycles. The van der Waals surface area contributed by atoms with Gasteiger partial charge >= 0.3 is 10.3 Å². The first-order valence-electron chi connectivity index (χ1n) is 7.78. The van der Waals surface area contributed by atoms with Crippen molar-refractivity contribution in [1.29, 1.82) is 0 Å². The number of nitrogens with zero attached hydrogens (tertiary/aromatic N) is 2. The molecule has 21 heavy (non-hydrogen) atoms. The summed E-state index contributed by atoms with van der Waals surface area (Å²) in [6.45, 7) is 7.38. The van der Waals surface area contributed by atoms with E-state index in [0.717, 1.165) is 36.1 Å². The molecule has 0 saturated heterocycles. The van der Waals surface area contributed by atoms with Crippen LogP contribution in [-0.2, 0) is 10.3 Å². The molecule has 0 bridgehead atoms. The predicted octanol–water partition coefficient (Wildman–Crippen LogP) is 1.50. The highest BCUT2D eigenvalue weighted by Gasteiger charge is 2.47. The Labute approximate surface area is 128 Å². The van der Waals surface area contributed by atoms with Crippen molar-refractivity contribution in [2.75, 3.05) is 26.2 Å². The molecule has 1 rings (SSSR count). The van der Waals surface area contributed by atoms with Gasteiger partial charge in [-0.2, -0.15) is 8.42 Å². The largest absolute Gasteiger partial charge is 0.435 e. The fourth-order valence-electron chi connectivity index (χ4n) is 3.29. The van der Waals surface area contributed by atoms with E-state index in [1.807, 2.05) is 4.90 Å². The van der Waals surface area contributed by atoms with Crippen molar-refractivity contribution >= 4 is 16.1 Å². The third-order valence-electron chi connectivity index (χ3n) is 4.18. The third-order valence-corrected chi connectivity index (χ3v) is 5.09. The quantitative estimate of drug-likeness (QED) is 0.497. The Kier molecular flexibility index (Phi) is 6.62. The Bertz CT molecular complexity index is 475. The first-order chi connectivity index (χ1) is 9.80. The number of unbranched alkanes of at least 4 members (excludes halogenated alkanes) is 1. The van der Waals surface area contributed by atoms with E-state index in [4.69, 9.17) is 0 Å². The zero-order valence-corrected chi connectivity index (χ0v) is 14.2. The highest BCUT2D eigenvalue weighted by atomic mass is 32.2. The van der Waals surface area contributed by atoms with Crippen molar-refractivity contribution < 1.29 is 22.1 Å². The second kappa shape index (κ2) is 7.56. The second-order valence-electron chi connectivity index (χ2n) is 6.00. The molecule has 1 aliphatic rings. The number of aliphatic hydroxyl groups is 1. The van der Waals surface area contributed by atoms with Crippen LogP contribution in [0, 0.1) is 5.41 Å². The normalized spacial score (nSPS) is 19.2. The first-order valence-corrected chi connectivity index (χ1v) is 9.18. The molecule has 0 aromatic carbocycles. The predicted molar refractivity (Wildman–Crippen MR) is 82.9 cm³/mol. The number of amidine groups is 1. The molecule has 7 heteroatoms. The van der Waals surface area contributed by atoms with E-state index in [2.05, 4.69) is 20.8 Å². The SMILES string of the molecule is CCCCC(C)(CCC)C1=[N+](S(=O)(=O)O)CCN1CCO. The van der Waals surface area contributed by atoms with Gasteiger partial charge < -0.3 is 5.11 Å². The van der Waals surface area contributed by atoms with E-state index < -0.39 is 10.3 Å². The highest BCUT2D eigenvalue weighted by molar-refractivity contribution is 7.79. The topological polar surface area (TPSA) is 80.8 Å². The lowest BCUT2D eigenvalue weighted by molar-refractivity contribution is -0.368. The summed E-state index contributed by atoms with van der Waals surface area (Å²) in [7, 11) is -4.26. The van der Waals surface area contributed by atoms with Crippen molar-refractivity contribution in [2.45, 2.75) is 52.9 Å². The Morgan fingerprint density at radius 1 is 1.29 bits per heavy atom. The minimum absolute atomic E-state index is 0.0290. The molecule has 0 aliphatic carbocycles. The average Bonchev–Trinajstić information content (AvgIpc) is 2.82. The molecule has 124 valence electrons. The number of rotatable bonds is 9. The lowest BCUT2D eigenvalue weighted by Crippen LogP contribution is -2.44. The summed E-state index contributed by atoms with van der Waals surface area (Å²) < 4.78 is 34.0. The zero-order chi connectivity index (χ0) is 16.1. The van der Waals surface area contributed by atoms with Crippen LogP contribution in [0.5, 0.6) is 0 Å². The minimum Gasteiger partial charge on any atom is -0.392 e. The summed E-state index contributed by atoms with van der Waals surface area (Å²) >= 11 is 0. The van der Waals surface area contributed by atoms with Gasteiger partial charge in [-0.05, 0) is 19.8 Å². The Hall–Kier alpha value is -0.660. The number of hydrogen-bond donors (Lipinski definition) is 2. The molecule has 0 spiro atoms. The molecular formula is C14H29N2O4S+. The molecule has 0 aromatic heterocycles. The van der Waals surface area contributed by atoms with Gasteiger partial charge in [0, 0.05) is 0 Å². The van der Waals surface area contributed by atoms with Crippen LogP contribution >= 0.6 is 0 Å². The number of β-amino-alcohol motifs (C(OH)–C–C–N with tert-alkyl or cyclic N) is 1. The Balaban J connectivity index is 3.29. The van der Waals surface area contributed by atoms with E-state index in [9.17, 15) is 18.1 Å². The van der Waals surface area contributed by atoms with Gasteiger partial charge in [-0.3, -0.25) is 9.45 Å². The fourth-order valence-corrected chi connectivity index (χ4v) is 4.16. The molecule has 0 fully saturated rings. The van der Waals surface area contributed by atoms with Crippen molar-refractivity contribution in [1.82, 2.24) is 4.90 Å². The smallest absolute Gasteiger partial charge is 0.392 e. The summed E-state index contributed by atoms with van der Waals surface area (Å²) in [5.74, 6) is 0.648. The van der Waals surface area contributed by atoms with Crippen molar-refractivity contribution in [2.24, 2.45) is 5.41 Å². The molecule has 0 aromatic rings. The van der Waals surface area contributed by atoms with Gasteiger partial charge in [0.25, 0.3) is 5.84 Å². The van der Waals surface area contributed by atoms with Crippen molar-refractivity contribution in [3.05, 3.63) is 0 Å². The number of aliphatic hydroxyl groups excluding tert-OH is 1. The standard InChI is InChI=1S/C14H28N2O4S/c1-4-6-8-14(3,7-5-2)13-15(11-12-17)9-10-16(13)21(18,19)20/h17H,4-12H2,1-3H3/p+1. The van der Waals surface area contributed by atoms with Crippen molar-refractivity contribution in [3.63, 3.8) is 0 Å².